The molecule has 1 aromatic heterocycles. The Kier molecular flexibility index (Phi) is 4.90. The third-order valence-corrected chi connectivity index (χ3v) is 2.93. The van der Waals surface area contributed by atoms with Crippen LogP contribution in [0.25, 0.3) is 6.08 Å². The Bertz CT molecular complexity index is 671. The van der Waals surface area contributed by atoms with Gasteiger partial charge in [0, 0.05) is 16.7 Å². The van der Waals surface area contributed by atoms with Crippen molar-refractivity contribution < 1.29 is 19.0 Å². The Morgan fingerprint density at radius 3 is 2.86 bits per heavy atom. The molecule has 0 radical (unpaired) electrons. The number of hydrogen-bond donors (Lipinski definition) is 1. The van der Waals surface area contributed by atoms with Crippen molar-refractivity contribution in [2.45, 2.75) is 6.61 Å². The molecular weight excluding hydrogens is 297 g/mol. The van der Waals surface area contributed by atoms with Crippen LogP contribution < -0.4 is 4.74 Å². The highest BCUT2D eigenvalue weighted by atomic mass is 35.5. The average Bonchev–Trinajstić information content (AvgIpc) is 2.47. The van der Waals surface area contributed by atoms with E-state index in [-0.39, 0.29) is 12.4 Å². The summed E-state index contributed by atoms with van der Waals surface area (Å²) in [4.78, 5) is 14.4. The third kappa shape index (κ3) is 4.57. The minimum absolute atomic E-state index is 0.114. The molecule has 2 aromatic rings. The highest BCUT2D eigenvalue weighted by molar-refractivity contribution is 6.31. The van der Waals surface area contributed by atoms with Gasteiger partial charge in [-0.25, -0.2) is 9.18 Å². The molecule has 0 bridgehead atoms. The zero-order valence-electron chi connectivity index (χ0n) is 10.8. The van der Waals surface area contributed by atoms with Gasteiger partial charge in [-0.05, 0) is 36.4 Å². The van der Waals surface area contributed by atoms with Crippen LogP contribution in [0.5, 0.6) is 5.75 Å². The van der Waals surface area contributed by atoms with Crippen molar-refractivity contribution in [2.75, 3.05) is 0 Å². The van der Waals surface area contributed by atoms with Crippen LogP contribution in [0.3, 0.4) is 0 Å². The second-order valence-corrected chi connectivity index (χ2v) is 4.52. The summed E-state index contributed by atoms with van der Waals surface area (Å²) in [7, 11) is 0. The summed E-state index contributed by atoms with van der Waals surface area (Å²) >= 11 is 5.93. The fourth-order valence-electron chi connectivity index (χ4n) is 1.55. The number of aliphatic carboxylic acids is 1. The molecule has 0 aliphatic carbocycles. The maximum absolute atomic E-state index is 13.1. The Hall–Kier alpha value is -2.40. The van der Waals surface area contributed by atoms with Gasteiger partial charge >= 0.3 is 5.97 Å². The molecule has 2 rings (SSSR count). The lowest BCUT2D eigenvalue weighted by Crippen LogP contribution is -1.97. The Balaban J connectivity index is 2.00. The van der Waals surface area contributed by atoms with Crippen molar-refractivity contribution in [3.63, 3.8) is 0 Å². The van der Waals surface area contributed by atoms with Gasteiger partial charge in [0.05, 0.1) is 11.9 Å². The topological polar surface area (TPSA) is 59.4 Å². The van der Waals surface area contributed by atoms with E-state index in [1.165, 1.54) is 30.5 Å². The number of rotatable bonds is 5. The van der Waals surface area contributed by atoms with Gasteiger partial charge in [0.2, 0.25) is 0 Å². The maximum Gasteiger partial charge on any atom is 0.328 e. The second kappa shape index (κ2) is 6.85. The van der Waals surface area contributed by atoms with Crippen molar-refractivity contribution in [1.29, 1.82) is 0 Å². The number of halogens is 2. The molecule has 0 spiro atoms. The van der Waals surface area contributed by atoms with Crippen LogP contribution in [-0.4, -0.2) is 16.1 Å². The van der Waals surface area contributed by atoms with E-state index in [4.69, 9.17) is 21.4 Å². The largest absolute Gasteiger partial charge is 0.487 e. The summed E-state index contributed by atoms with van der Waals surface area (Å²) in [6, 6.07) is 7.30. The molecule has 6 heteroatoms. The lowest BCUT2D eigenvalue weighted by Gasteiger charge is -2.07. The van der Waals surface area contributed by atoms with Gasteiger partial charge in [-0.3, -0.25) is 4.98 Å². The lowest BCUT2D eigenvalue weighted by atomic mass is 10.2. The van der Waals surface area contributed by atoms with E-state index in [1.54, 1.807) is 12.1 Å². The van der Waals surface area contributed by atoms with E-state index in [1.807, 2.05) is 0 Å². The number of aromatic nitrogens is 1. The predicted molar refractivity (Wildman–Crippen MR) is 76.6 cm³/mol. The fourth-order valence-corrected chi connectivity index (χ4v) is 1.72. The molecular formula is C15H11ClFNO3. The van der Waals surface area contributed by atoms with Crippen LogP contribution in [0.2, 0.25) is 5.02 Å². The lowest BCUT2D eigenvalue weighted by molar-refractivity contribution is -0.131. The van der Waals surface area contributed by atoms with Gasteiger partial charge < -0.3 is 9.84 Å². The summed E-state index contributed by atoms with van der Waals surface area (Å²) in [5.74, 6) is -0.953. The normalized spacial score (nSPS) is 10.8. The van der Waals surface area contributed by atoms with Crippen LogP contribution in [0.15, 0.2) is 42.6 Å². The van der Waals surface area contributed by atoms with Crippen molar-refractivity contribution in [1.82, 2.24) is 4.98 Å². The first-order valence-corrected chi connectivity index (χ1v) is 6.36. The quantitative estimate of drug-likeness (QED) is 0.858. The molecule has 0 amide bonds. The van der Waals surface area contributed by atoms with Gasteiger partial charge in [-0.2, -0.15) is 0 Å². The number of nitrogens with zero attached hydrogens (tertiary/aromatic N) is 1. The predicted octanol–water partition coefficient (Wildman–Crippen LogP) is 3.55. The Morgan fingerprint density at radius 2 is 2.19 bits per heavy atom. The number of benzene rings is 1. The molecule has 0 saturated heterocycles. The molecule has 21 heavy (non-hydrogen) atoms. The zero-order chi connectivity index (χ0) is 15.2. The summed E-state index contributed by atoms with van der Waals surface area (Å²) in [5.41, 5.74) is 1.03. The standard InChI is InChI=1S/C15H11ClFNO3/c16-14-5-1-11(17)7-10(14)9-21-13-4-2-12(18-8-13)3-6-15(19)20/h1-8H,9H2,(H,19,20)/b6-3+. The summed E-state index contributed by atoms with van der Waals surface area (Å²) in [6.07, 6.45) is 3.82. The van der Waals surface area contributed by atoms with Gasteiger partial charge in [-0.1, -0.05) is 11.6 Å². The van der Waals surface area contributed by atoms with Crippen LogP contribution in [-0.2, 0) is 11.4 Å². The third-order valence-electron chi connectivity index (χ3n) is 2.56. The van der Waals surface area contributed by atoms with Gasteiger partial charge in [-0.15, -0.1) is 0 Å². The summed E-state index contributed by atoms with van der Waals surface area (Å²) in [5, 5.41) is 8.93. The second-order valence-electron chi connectivity index (χ2n) is 4.11. The minimum Gasteiger partial charge on any atom is -0.487 e. The molecule has 0 unspecified atom stereocenters. The first-order valence-electron chi connectivity index (χ1n) is 5.98. The van der Waals surface area contributed by atoms with Crippen LogP contribution in [0.4, 0.5) is 4.39 Å². The molecule has 0 atom stereocenters. The monoisotopic (exact) mass is 307 g/mol. The first kappa shape index (κ1) is 15.0. The SMILES string of the molecule is O=C(O)/C=C/c1ccc(OCc2cc(F)ccc2Cl)cn1. The van der Waals surface area contributed by atoms with Crippen LogP contribution in [0, 0.1) is 5.82 Å². The van der Waals surface area contributed by atoms with E-state index in [0.717, 1.165) is 6.08 Å². The Labute approximate surface area is 125 Å². The number of ether oxygens (including phenoxy) is 1. The number of carbonyl (C=O) groups is 1. The number of carboxylic acid groups (broad SMARTS) is 1. The first-order chi connectivity index (χ1) is 10.0. The number of carboxylic acids is 1. The average molecular weight is 308 g/mol. The van der Waals surface area contributed by atoms with Gasteiger partial charge in [0.15, 0.2) is 0 Å². The number of pyridine rings is 1. The molecule has 1 heterocycles. The minimum atomic E-state index is -1.04. The molecule has 1 N–H and O–H groups in total. The smallest absolute Gasteiger partial charge is 0.328 e. The molecule has 0 aliphatic rings. The molecule has 1 aromatic carbocycles. The van der Waals surface area contributed by atoms with Crippen LogP contribution in [0.1, 0.15) is 11.3 Å². The highest BCUT2D eigenvalue weighted by Gasteiger charge is 2.03. The molecule has 108 valence electrons. The van der Waals surface area contributed by atoms with Gasteiger partial charge in [0.25, 0.3) is 0 Å². The molecule has 0 saturated carbocycles. The maximum atomic E-state index is 13.1. The van der Waals surface area contributed by atoms with E-state index < -0.39 is 5.97 Å². The molecule has 0 aliphatic heterocycles. The van der Waals surface area contributed by atoms with E-state index in [0.29, 0.717) is 22.0 Å². The van der Waals surface area contributed by atoms with Crippen molar-refractivity contribution in [2.24, 2.45) is 0 Å². The van der Waals surface area contributed by atoms with E-state index >= 15 is 0 Å². The van der Waals surface area contributed by atoms with E-state index in [2.05, 4.69) is 4.98 Å². The van der Waals surface area contributed by atoms with Gasteiger partial charge in [0.1, 0.15) is 18.2 Å². The van der Waals surface area contributed by atoms with E-state index in [9.17, 15) is 9.18 Å². The number of hydrogen-bond acceptors (Lipinski definition) is 3. The van der Waals surface area contributed by atoms with Crippen LogP contribution >= 0.6 is 11.6 Å². The Morgan fingerprint density at radius 1 is 1.38 bits per heavy atom. The zero-order valence-corrected chi connectivity index (χ0v) is 11.5. The van der Waals surface area contributed by atoms with Crippen molar-refractivity contribution in [3.05, 3.63) is 64.7 Å². The summed E-state index contributed by atoms with van der Waals surface area (Å²) in [6.45, 7) is 0.114. The molecule has 0 fully saturated rings. The van der Waals surface area contributed by atoms with Crippen molar-refractivity contribution >= 4 is 23.6 Å². The fraction of sp³-hybridized carbons (Fsp3) is 0.0667. The highest BCUT2D eigenvalue weighted by Crippen LogP contribution is 2.19. The summed E-state index contributed by atoms with van der Waals surface area (Å²) < 4.78 is 18.5. The molecule has 4 nitrogen and oxygen atoms in total. The van der Waals surface area contributed by atoms with Crippen molar-refractivity contribution in [3.8, 4) is 5.75 Å².